The predicted molar refractivity (Wildman–Crippen MR) is 55.4 cm³/mol. The zero-order valence-electron chi connectivity index (χ0n) is 9.21. The molecule has 1 unspecified atom stereocenters. The number of nitrogens with two attached hydrogens (primary N) is 1. The minimum Gasteiger partial charge on any atom is -0.340 e. The van der Waals surface area contributed by atoms with Gasteiger partial charge >= 0.3 is 0 Å². The fraction of sp³-hybridized carbons (Fsp3) is 0.900. The van der Waals surface area contributed by atoms with Gasteiger partial charge in [0.2, 0.25) is 5.91 Å². The van der Waals surface area contributed by atoms with Crippen molar-refractivity contribution >= 4 is 5.91 Å². The molecule has 0 aliphatic heterocycles. The van der Waals surface area contributed by atoms with Gasteiger partial charge in [-0.3, -0.25) is 4.79 Å². The number of hydrogen-bond donors (Lipinski definition) is 1. The first-order valence-electron chi connectivity index (χ1n) is 5.04. The molecule has 0 aliphatic rings. The lowest BCUT2D eigenvalue weighted by Crippen LogP contribution is -2.39. The zero-order chi connectivity index (χ0) is 10.4. The van der Waals surface area contributed by atoms with Gasteiger partial charge in [0, 0.05) is 25.0 Å². The van der Waals surface area contributed by atoms with Crippen LogP contribution in [0, 0.1) is 0 Å². The van der Waals surface area contributed by atoms with Gasteiger partial charge in [0.25, 0.3) is 0 Å². The Kier molecular flexibility index (Phi) is 5.71. The second-order valence-electron chi connectivity index (χ2n) is 3.86. The standard InChI is InChI=1S/C10H22N2O/c1-5-6-12(8(2)3)10(13)7-9(4)11/h8-9H,5-7,11H2,1-4H3. The van der Waals surface area contributed by atoms with Gasteiger partial charge < -0.3 is 10.6 Å². The number of carbonyl (C=O) groups is 1. The van der Waals surface area contributed by atoms with Crippen LogP contribution in [0.1, 0.15) is 40.5 Å². The molecule has 3 nitrogen and oxygen atoms in total. The molecule has 0 fully saturated rings. The lowest BCUT2D eigenvalue weighted by Gasteiger charge is -2.27. The number of hydrogen-bond acceptors (Lipinski definition) is 2. The van der Waals surface area contributed by atoms with E-state index in [1.807, 2.05) is 25.7 Å². The van der Waals surface area contributed by atoms with Gasteiger partial charge in [-0.15, -0.1) is 0 Å². The topological polar surface area (TPSA) is 46.3 Å². The summed E-state index contributed by atoms with van der Waals surface area (Å²) in [6.45, 7) is 8.85. The summed E-state index contributed by atoms with van der Waals surface area (Å²) >= 11 is 0. The summed E-state index contributed by atoms with van der Waals surface area (Å²) in [5.41, 5.74) is 5.58. The Morgan fingerprint density at radius 1 is 1.38 bits per heavy atom. The Labute approximate surface area is 81.3 Å². The third kappa shape index (κ3) is 4.88. The molecule has 0 heterocycles. The van der Waals surface area contributed by atoms with E-state index >= 15 is 0 Å². The first kappa shape index (κ1) is 12.4. The molecule has 0 saturated heterocycles. The third-order valence-corrected chi connectivity index (χ3v) is 1.90. The summed E-state index contributed by atoms with van der Waals surface area (Å²) in [5, 5.41) is 0. The van der Waals surface area contributed by atoms with Crippen molar-refractivity contribution in [2.24, 2.45) is 5.73 Å². The van der Waals surface area contributed by atoms with E-state index in [2.05, 4.69) is 6.92 Å². The van der Waals surface area contributed by atoms with Crippen molar-refractivity contribution in [2.45, 2.75) is 52.6 Å². The highest BCUT2D eigenvalue weighted by molar-refractivity contribution is 5.77. The summed E-state index contributed by atoms with van der Waals surface area (Å²) in [6.07, 6.45) is 1.46. The maximum absolute atomic E-state index is 11.6. The highest BCUT2D eigenvalue weighted by atomic mass is 16.2. The van der Waals surface area contributed by atoms with Gasteiger partial charge in [-0.25, -0.2) is 0 Å². The molecule has 0 saturated carbocycles. The average molecular weight is 186 g/mol. The van der Waals surface area contributed by atoms with Gasteiger partial charge in [-0.2, -0.15) is 0 Å². The SMILES string of the molecule is CCCN(C(=O)CC(C)N)C(C)C. The number of amides is 1. The molecular formula is C10H22N2O. The fourth-order valence-corrected chi connectivity index (χ4v) is 1.30. The number of carbonyl (C=O) groups excluding carboxylic acids is 1. The molecule has 78 valence electrons. The summed E-state index contributed by atoms with van der Waals surface area (Å²) in [5.74, 6) is 0.173. The Balaban J connectivity index is 4.11. The van der Waals surface area contributed by atoms with Crippen molar-refractivity contribution in [3.8, 4) is 0 Å². The van der Waals surface area contributed by atoms with Gasteiger partial charge in [-0.05, 0) is 27.2 Å². The summed E-state index contributed by atoms with van der Waals surface area (Å²) in [4.78, 5) is 13.5. The second kappa shape index (κ2) is 5.97. The molecule has 13 heavy (non-hydrogen) atoms. The molecule has 1 atom stereocenters. The van der Waals surface area contributed by atoms with Gasteiger partial charge in [-0.1, -0.05) is 6.92 Å². The predicted octanol–water partition coefficient (Wildman–Crippen LogP) is 1.37. The van der Waals surface area contributed by atoms with Crippen molar-refractivity contribution in [1.82, 2.24) is 4.90 Å². The lowest BCUT2D eigenvalue weighted by molar-refractivity contribution is -0.133. The molecule has 3 heteroatoms. The minimum absolute atomic E-state index is 0.0365. The van der Waals surface area contributed by atoms with Crippen molar-refractivity contribution < 1.29 is 4.79 Å². The molecule has 0 bridgehead atoms. The van der Waals surface area contributed by atoms with Crippen LogP contribution in [0.3, 0.4) is 0 Å². The number of rotatable bonds is 5. The van der Waals surface area contributed by atoms with E-state index in [-0.39, 0.29) is 18.0 Å². The van der Waals surface area contributed by atoms with Crippen LogP contribution in [0.5, 0.6) is 0 Å². The van der Waals surface area contributed by atoms with Gasteiger partial charge in [0.1, 0.15) is 0 Å². The van der Waals surface area contributed by atoms with Crippen LogP contribution in [0.4, 0.5) is 0 Å². The molecule has 0 spiro atoms. The maximum Gasteiger partial charge on any atom is 0.224 e. The molecule has 1 amide bonds. The van der Waals surface area contributed by atoms with E-state index < -0.39 is 0 Å². The Morgan fingerprint density at radius 2 is 1.92 bits per heavy atom. The molecule has 0 radical (unpaired) electrons. The lowest BCUT2D eigenvalue weighted by atomic mass is 10.2. The zero-order valence-corrected chi connectivity index (χ0v) is 9.21. The fourth-order valence-electron chi connectivity index (χ4n) is 1.30. The molecule has 2 N–H and O–H groups in total. The number of nitrogens with zero attached hydrogens (tertiary/aromatic N) is 1. The largest absolute Gasteiger partial charge is 0.340 e. The first-order chi connectivity index (χ1) is 5.99. The summed E-state index contributed by atoms with van der Waals surface area (Å²) in [6, 6.07) is 0.247. The highest BCUT2D eigenvalue weighted by Crippen LogP contribution is 2.04. The van der Waals surface area contributed by atoms with Gasteiger partial charge in [0.05, 0.1) is 0 Å². The Bertz CT molecular complexity index is 155. The maximum atomic E-state index is 11.6. The molecule has 0 rings (SSSR count). The van der Waals surface area contributed by atoms with Crippen LogP contribution in [0.25, 0.3) is 0 Å². The smallest absolute Gasteiger partial charge is 0.224 e. The second-order valence-corrected chi connectivity index (χ2v) is 3.86. The van der Waals surface area contributed by atoms with E-state index in [1.165, 1.54) is 0 Å². The minimum atomic E-state index is -0.0365. The quantitative estimate of drug-likeness (QED) is 0.705. The van der Waals surface area contributed by atoms with E-state index in [9.17, 15) is 4.79 Å². The Morgan fingerprint density at radius 3 is 2.23 bits per heavy atom. The monoisotopic (exact) mass is 186 g/mol. The van der Waals surface area contributed by atoms with E-state index in [4.69, 9.17) is 5.73 Å². The Hall–Kier alpha value is -0.570. The van der Waals surface area contributed by atoms with Crippen molar-refractivity contribution in [3.05, 3.63) is 0 Å². The molecular weight excluding hydrogens is 164 g/mol. The molecule has 0 aromatic carbocycles. The highest BCUT2D eigenvalue weighted by Gasteiger charge is 2.16. The molecule has 0 aliphatic carbocycles. The third-order valence-electron chi connectivity index (χ3n) is 1.90. The first-order valence-corrected chi connectivity index (χ1v) is 5.04. The normalized spacial score (nSPS) is 13.1. The van der Waals surface area contributed by atoms with Crippen molar-refractivity contribution in [3.63, 3.8) is 0 Å². The summed E-state index contributed by atoms with van der Waals surface area (Å²) in [7, 11) is 0. The molecule has 0 aromatic rings. The van der Waals surface area contributed by atoms with Crippen LogP contribution in [0.2, 0.25) is 0 Å². The van der Waals surface area contributed by atoms with E-state index in [0.717, 1.165) is 13.0 Å². The van der Waals surface area contributed by atoms with Crippen LogP contribution in [0.15, 0.2) is 0 Å². The van der Waals surface area contributed by atoms with E-state index in [0.29, 0.717) is 6.42 Å². The van der Waals surface area contributed by atoms with Crippen LogP contribution >= 0.6 is 0 Å². The van der Waals surface area contributed by atoms with Crippen molar-refractivity contribution in [1.29, 1.82) is 0 Å². The van der Waals surface area contributed by atoms with Crippen LogP contribution in [-0.2, 0) is 4.79 Å². The molecule has 0 aromatic heterocycles. The van der Waals surface area contributed by atoms with Crippen LogP contribution in [-0.4, -0.2) is 29.4 Å². The summed E-state index contributed by atoms with van der Waals surface area (Å²) < 4.78 is 0. The van der Waals surface area contributed by atoms with Gasteiger partial charge in [0.15, 0.2) is 0 Å². The van der Waals surface area contributed by atoms with Crippen LogP contribution < -0.4 is 5.73 Å². The van der Waals surface area contributed by atoms with Crippen molar-refractivity contribution in [2.75, 3.05) is 6.54 Å². The van der Waals surface area contributed by atoms with E-state index in [1.54, 1.807) is 0 Å². The average Bonchev–Trinajstić information content (AvgIpc) is 1.97.